The van der Waals surface area contributed by atoms with Crippen molar-refractivity contribution in [3.8, 4) is 0 Å². The SMILES string of the molecule is CC(C(=O)NC1CCC(C(F)(F)F)CC1)=C(C)N1CC2C3C2C31. The number of nitrogens with one attached hydrogen (secondary N) is 1. The summed E-state index contributed by atoms with van der Waals surface area (Å²) in [6.45, 7) is 4.90. The lowest BCUT2D eigenvalue weighted by Gasteiger charge is -2.30. The van der Waals surface area contributed by atoms with Crippen LogP contribution in [0.5, 0.6) is 0 Å². The lowest BCUT2D eigenvalue weighted by atomic mass is 9.85. The van der Waals surface area contributed by atoms with E-state index in [0.717, 1.165) is 35.6 Å². The fraction of sp³-hybridized carbons (Fsp3) is 0.824. The quantitative estimate of drug-likeness (QED) is 0.808. The summed E-state index contributed by atoms with van der Waals surface area (Å²) in [5.74, 6) is 1.32. The van der Waals surface area contributed by atoms with Crippen LogP contribution >= 0.6 is 0 Å². The summed E-state index contributed by atoms with van der Waals surface area (Å²) < 4.78 is 38.0. The number of alkyl halides is 3. The lowest BCUT2D eigenvalue weighted by Crippen LogP contribution is -2.41. The van der Waals surface area contributed by atoms with E-state index in [1.165, 1.54) is 0 Å². The van der Waals surface area contributed by atoms with Gasteiger partial charge < -0.3 is 10.2 Å². The third-order valence-corrected chi connectivity index (χ3v) is 6.55. The van der Waals surface area contributed by atoms with E-state index < -0.39 is 12.1 Å². The molecule has 128 valence electrons. The molecular weight excluding hydrogens is 305 g/mol. The summed E-state index contributed by atoms with van der Waals surface area (Å²) in [7, 11) is 0. The number of halogens is 3. The van der Waals surface area contributed by atoms with Crippen LogP contribution < -0.4 is 5.32 Å². The molecule has 0 aromatic heterocycles. The van der Waals surface area contributed by atoms with Crippen LogP contribution in [0.15, 0.2) is 11.3 Å². The van der Waals surface area contributed by atoms with Crippen molar-refractivity contribution in [2.75, 3.05) is 6.54 Å². The Balaban J connectivity index is 1.31. The van der Waals surface area contributed by atoms with Gasteiger partial charge in [-0.25, -0.2) is 0 Å². The Hall–Kier alpha value is -1.20. The second kappa shape index (κ2) is 4.90. The molecule has 2 aliphatic heterocycles. The number of fused-ring (bicyclic) bond motifs is 1. The number of nitrogens with zero attached hydrogens (tertiary/aromatic N) is 1. The maximum Gasteiger partial charge on any atom is 0.391 e. The van der Waals surface area contributed by atoms with Crippen LogP contribution in [0, 0.1) is 23.7 Å². The van der Waals surface area contributed by atoms with E-state index in [1.54, 1.807) is 0 Å². The van der Waals surface area contributed by atoms with E-state index in [-0.39, 0.29) is 24.8 Å². The van der Waals surface area contributed by atoms with Crippen LogP contribution in [0.3, 0.4) is 0 Å². The maximum absolute atomic E-state index is 12.7. The largest absolute Gasteiger partial charge is 0.391 e. The summed E-state index contributed by atoms with van der Waals surface area (Å²) in [5, 5.41) is 2.94. The van der Waals surface area contributed by atoms with Gasteiger partial charge in [0.1, 0.15) is 0 Å². The Morgan fingerprint density at radius 3 is 2.17 bits per heavy atom. The molecule has 0 aromatic rings. The molecule has 2 bridgehead atoms. The molecule has 1 amide bonds. The van der Waals surface area contributed by atoms with Gasteiger partial charge in [0.05, 0.1) is 5.92 Å². The average molecular weight is 328 g/mol. The molecule has 3 aliphatic carbocycles. The zero-order valence-electron chi connectivity index (χ0n) is 13.5. The van der Waals surface area contributed by atoms with E-state index in [1.807, 2.05) is 13.8 Å². The Morgan fingerprint density at radius 2 is 1.70 bits per heavy atom. The molecule has 1 N–H and O–H groups in total. The van der Waals surface area contributed by atoms with Crippen molar-refractivity contribution in [2.24, 2.45) is 23.7 Å². The summed E-state index contributed by atoms with van der Waals surface area (Å²) in [5.41, 5.74) is 1.76. The van der Waals surface area contributed by atoms with Gasteiger partial charge in [-0.05, 0) is 57.3 Å². The van der Waals surface area contributed by atoms with Gasteiger partial charge in [0.2, 0.25) is 5.91 Å². The maximum atomic E-state index is 12.7. The Kier molecular flexibility index (Phi) is 3.27. The first-order valence-corrected chi connectivity index (χ1v) is 8.60. The number of carbonyl (C=O) groups is 1. The fourth-order valence-corrected chi connectivity index (χ4v) is 4.74. The predicted octanol–water partition coefficient (Wildman–Crippen LogP) is 3.08. The molecule has 5 aliphatic rings. The molecule has 3 nitrogen and oxygen atoms in total. The van der Waals surface area contributed by atoms with Crippen LogP contribution in [0.25, 0.3) is 0 Å². The van der Waals surface area contributed by atoms with Crippen LogP contribution in [0.2, 0.25) is 0 Å². The highest BCUT2D eigenvalue weighted by molar-refractivity contribution is 5.93. The Morgan fingerprint density at radius 1 is 1.09 bits per heavy atom. The van der Waals surface area contributed by atoms with Crippen LogP contribution in [0.4, 0.5) is 13.2 Å². The van der Waals surface area contributed by atoms with Crippen molar-refractivity contribution in [2.45, 2.75) is 57.8 Å². The molecule has 2 atom stereocenters. The van der Waals surface area contributed by atoms with Crippen molar-refractivity contribution < 1.29 is 18.0 Å². The Bertz CT molecular complexity index is 546. The van der Waals surface area contributed by atoms with E-state index in [2.05, 4.69) is 10.2 Å². The first-order valence-electron chi connectivity index (χ1n) is 8.60. The van der Waals surface area contributed by atoms with E-state index >= 15 is 0 Å². The minimum atomic E-state index is -4.10. The number of hydrogen-bond acceptors (Lipinski definition) is 2. The third kappa shape index (κ3) is 2.45. The number of amides is 1. The highest BCUT2D eigenvalue weighted by atomic mass is 19.4. The van der Waals surface area contributed by atoms with E-state index in [9.17, 15) is 18.0 Å². The molecule has 2 unspecified atom stereocenters. The van der Waals surface area contributed by atoms with Crippen LogP contribution in [0.1, 0.15) is 39.5 Å². The van der Waals surface area contributed by atoms with Gasteiger partial charge in [0.25, 0.3) is 0 Å². The van der Waals surface area contributed by atoms with Crippen molar-refractivity contribution in [1.29, 1.82) is 0 Å². The standard InChI is InChI=1S/C17H23F3N2O/c1-8(9(2)22-7-12-13-14(12)15(13)22)16(23)21-11-5-3-10(4-6-11)17(18,19)20/h10-15H,3-7H2,1-2H3,(H,21,23). The molecule has 0 spiro atoms. The van der Waals surface area contributed by atoms with Crippen LogP contribution in [-0.4, -0.2) is 35.6 Å². The first kappa shape index (κ1) is 15.3. The fourth-order valence-electron chi connectivity index (χ4n) is 4.74. The smallest absolute Gasteiger partial charge is 0.371 e. The molecule has 23 heavy (non-hydrogen) atoms. The molecule has 2 saturated heterocycles. The van der Waals surface area contributed by atoms with Gasteiger partial charge in [-0.1, -0.05) is 0 Å². The molecular formula is C17H23F3N2O. The average Bonchev–Trinajstić information content (AvgIpc) is 3.31. The van der Waals surface area contributed by atoms with Crippen LogP contribution in [-0.2, 0) is 4.79 Å². The molecule has 3 saturated carbocycles. The second-order valence-corrected chi connectivity index (χ2v) is 7.74. The van der Waals surface area contributed by atoms with E-state index in [4.69, 9.17) is 0 Å². The highest BCUT2D eigenvalue weighted by Gasteiger charge is 2.80. The third-order valence-electron chi connectivity index (χ3n) is 6.55. The van der Waals surface area contributed by atoms with Crippen molar-refractivity contribution in [1.82, 2.24) is 10.2 Å². The number of allylic oxidation sites excluding steroid dienone is 1. The first-order chi connectivity index (χ1) is 10.8. The summed E-state index contributed by atoms with van der Waals surface area (Å²) >= 11 is 0. The minimum Gasteiger partial charge on any atom is -0.371 e. The summed E-state index contributed by atoms with van der Waals surface area (Å²) in [6, 6.07) is 0.548. The summed E-state index contributed by atoms with van der Waals surface area (Å²) in [6.07, 6.45) is -3.02. The molecule has 6 heteroatoms. The van der Waals surface area contributed by atoms with Gasteiger partial charge in [-0.2, -0.15) is 13.2 Å². The van der Waals surface area contributed by atoms with Gasteiger partial charge in [0.15, 0.2) is 0 Å². The number of hydrogen-bond donors (Lipinski definition) is 1. The second-order valence-electron chi connectivity index (χ2n) is 7.74. The van der Waals surface area contributed by atoms with Gasteiger partial charge >= 0.3 is 6.18 Å². The number of carbonyl (C=O) groups excluding carboxylic acids is 1. The molecule has 5 rings (SSSR count). The van der Waals surface area contributed by atoms with Crippen molar-refractivity contribution in [3.05, 3.63) is 11.3 Å². The number of piperidine rings is 1. The predicted molar refractivity (Wildman–Crippen MR) is 79.3 cm³/mol. The van der Waals surface area contributed by atoms with Gasteiger partial charge in [-0.3, -0.25) is 4.79 Å². The van der Waals surface area contributed by atoms with E-state index in [0.29, 0.717) is 18.9 Å². The molecule has 0 radical (unpaired) electrons. The topological polar surface area (TPSA) is 32.3 Å². The van der Waals surface area contributed by atoms with Gasteiger partial charge in [-0.15, -0.1) is 0 Å². The number of rotatable bonds is 3. The normalized spacial score (nSPS) is 42.0. The molecule has 5 fully saturated rings. The van der Waals surface area contributed by atoms with Crippen molar-refractivity contribution in [3.63, 3.8) is 0 Å². The molecule has 0 aromatic carbocycles. The zero-order valence-corrected chi connectivity index (χ0v) is 13.5. The van der Waals surface area contributed by atoms with Crippen molar-refractivity contribution >= 4 is 5.91 Å². The summed E-state index contributed by atoms with van der Waals surface area (Å²) in [4.78, 5) is 14.8. The Labute approximate surface area is 134 Å². The monoisotopic (exact) mass is 328 g/mol. The minimum absolute atomic E-state index is 0.114. The lowest BCUT2D eigenvalue weighted by molar-refractivity contribution is -0.182. The van der Waals surface area contributed by atoms with Gasteiger partial charge in [0, 0.05) is 29.9 Å². The highest BCUT2D eigenvalue weighted by Crippen LogP contribution is 2.76. The molecule has 2 heterocycles. The zero-order chi connectivity index (χ0) is 16.5.